The van der Waals surface area contributed by atoms with Crippen molar-refractivity contribution in [2.24, 2.45) is 0 Å². The van der Waals surface area contributed by atoms with E-state index in [0.29, 0.717) is 16.7 Å². The van der Waals surface area contributed by atoms with Gasteiger partial charge in [0.15, 0.2) is 5.75 Å². The highest BCUT2D eigenvalue weighted by molar-refractivity contribution is 7.98. The third kappa shape index (κ3) is 2.70. The van der Waals surface area contributed by atoms with Crippen molar-refractivity contribution < 1.29 is 9.52 Å². The second kappa shape index (κ2) is 5.21. The van der Waals surface area contributed by atoms with E-state index in [0.717, 1.165) is 6.26 Å². The Labute approximate surface area is 107 Å². The van der Waals surface area contributed by atoms with Gasteiger partial charge in [-0.3, -0.25) is 4.79 Å². The van der Waals surface area contributed by atoms with Gasteiger partial charge in [-0.05, 0) is 24.3 Å². The van der Waals surface area contributed by atoms with E-state index in [1.165, 1.54) is 17.8 Å². The van der Waals surface area contributed by atoms with Gasteiger partial charge in [-0.25, -0.2) is 4.68 Å². The van der Waals surface area contributed by atoms with Crippen LogP contribution >= 0.6 is 11.8 Å². The zero-order chi connectivity index (χ0) is 13.1. The number of tetrazole rings is 1. The molecule has 2 rings (SSSR count). The number of aromatic hydroxyl groups is 1. The fourth-order valence-electron chi connectivity index (χ4n) is 1.26. The first kappa shape index (κ1) is 12.6. The summed E-state index contributed by atoms with van der Waals surface area (Å²) in [6.07, 6.45) is 1.03. The van der Waals surface area contributed by atoms with Crippen LogP contribution in [0.1, 0.15) is 25.6 Å². The first-order valence-electron chi connectivity index (χ1n) is 5.29. The minimum atomic E-state index is -0.458. The van der Waals surface area contributed by atoms with E-state index in [1.54, 1.807) is 4.68 Å². The van der Waals surface area contributed by atoms with Crippen molar-refractivity contribution in [2.75, 3.05) is 0 Å². The number of hydrogen-bond acceptors (Lipinski definition) is 7. The molecule has 2 aromatic heterocycles. The number of thioether (sulfide) groups is 1. The lowest BCUT2D eigenvalue weighted by atomic mass is 10.4. The molecule has 0 aromatic carbocycles. The van der Waals surface area contributed by atoms with Crippen LogP contribution in [0.25, 0.3) is 0 Å². The van der Waals surface area contributed by atoms with Crippen LogP contribution in [0, 0.1) is 0 Å². The molecule has 0 amide bonds. The van der Waals surface area contributed by atoms with Gasteiger partial charge in [0.25, 0.3) is 0 Å². The highest BCUT2D eigenvalue weighted by Crippen LogP contribution is 2.21. The summed E-state index contributed by atoms with van der Waals surface area (Å²) in [6, 6.07) is 1.42. The summed E-state index contributed by atoms with van der Waals surface area (Å²) < 4.78 is 6.77. The molecule has 0 aliphatic carbocycles. The Morgan fingerprint density at radius 3 is 3.00 bits per heavy atom. The molecule has 0 saturated heterocycles. The van der Waals surface area contributed by atoms with Gasteiger partial charge < -0.3 is 9.52 Å². The highest BCUT2D eigenvalue weighted by atomic mass is 32.2. The quantitative estimate of drug-likeness (QED) is 0.832. The molecule has 7 nitrogen and oxygen atoms in total. The van der Waals surface area contributed by atoms with E-state index >= 15 is 0 Å². The molecule has 0 fully saturated rings. The minimum absolute atomic E-state index is 0.161. The molecule has 2 heterocycles. The van der Waals surface area contributed by atoms with Gasteiger partial charge in [0.1, 0.15) is 12.0 Å². The Kier molecular flexibility index (Phi) is 3.66. The Balaban J connectivity index is 2.09. The summed E-state index contributed by atoms with van der Waals surface area (Å²) in [5.41, 5.74) is -0.458. The molecule has 0 spiro atoms. The van der Waals surface area contributed by atoms with Crippen LogP contribution in [0.2, 0.25) is 0 Å². The maximum Gasteiger partial charge on any atom is 0.226 e. The SMILES string of the molecule is CC(C)n1nnnc1SCc1cc(=O)c(O)co1. The largest absolute Gasteiger partial charge is 0.502 e. The molecule has 2 aromatic rings. The van der Waals surface area contributed by atoms with Gasteiger partial charge in [-0.1, -0.05) is 11.8 Å². The van der Waals surface area contributed by atoms with Crippen molar-refractivity contribution in [1.29, 1.82) is 0 Å². The number of nitrogens with zero attached hydrogens (tertiary/aromatic N) is 4. The smallest absolute Gasteiger partial charge is 0.226 e. The third-order valence-electron chi connectivity index (χ3n) is 2.16. The lowest BCUT2D eigenvalue weighted by Crippen LogP contribution is -2.05. The van der Waals surface area contributed by atoms with Gasteiger partial charge in [-0.2, -0.15) is 0 Å². The van der Waals surface area contributed by atoms with E-state index < -0.39 is 11.2 Å². The molecular weight excluding hydrogens is 256 g/mol. The first-order valence-corrected chi connectivity index (χ1v) is 6.28. The second-order valence-corrected chi connectivity index (χ2v) is 4.83. The second-order valence-electron chi connectivity index (χ2n) is 3.88. The summed E-state index contributed by atoms with van der Waals surface area (Å²) in [6.45, 7) is 3.95. The normalized spacial score (nSPS) is 11.1. The lowest BCUT2D eigenvalue weighted by molar-refractivity contribution is 0.419. The first-order chi connectivity index (χ1) is 8.58. The molecule has 96 valence electrons. The fourth-order valence-corrected chi connectivity index (χ4v) is 2.16. The molecule has 0 atom stereocenters. The molecule has 0 unspecified atom stereocenters. The summed E-state index contributed by atoms with van der Waals surface area (Å²) in [5, 5.41) is 21.1. The van der Waals surface area contributed by atoms with Crippen LogP contribution in [-0.4, -0.2) is 25.3 Å². The molecule has 0 aliphatic heterocycles. The van der Waals surface area contributed by atoms with Crippen LogP contribution in [0.15, 0.2) is 26.7 Å². The molecule has 8 heteroatoms. The van der Waals surface area contributed by atoms with Crippen LogP contribution in [0.4, 0.5) is 0 Å². The summed E-state index contributed by atoms with van der Waals surface area (Å²) >= 11 is 1.36. The molecule has 0 bridgehead atoms. The van der Waals surface area contributed by atoms with Gasteiger partial charge in [-0.15, -0.1) is 5.10 Å². The Morgan fingerprint density at radius 1 is 1.56 bits per heavy atom. The number of rotatable bonds is 4. The summed E-state index contributed by atoms with van der Waals surface area (Å²) in [4.78, 5) is 11.2. The van der Waals surface area contributed by atoms with Gasteiger partial charge >= 0.3 is 0 Å². The van der Waals surface area contributed by atoms with Crippen LogP contribution in [0.5, 0.6) is 5.75 Å². The van der Waals surface area contributed by atoms with Crippen LogP contribution in [-0.2, 0) is 5.75 Å². The Morgan fingerprint density at radius 2 is 2.33 bits per heavy atom. The number of aromatic nitrogens is 4. The van der Waals surface area contributed by atoms with E-state index in [9.17, 15) is 4.79 Å². The van der Waals surface area contributed by atoms with E-state index in [1.807, 2.05) is 13.8 Å². The van der Waals surface area contributed by atoms with Crippen LogP contribution < -0.4 is 5.43 Å². The third-order valence-corrected chi connectivity index (χ3v) is 3.12. The van der Waals surface area contributed by atoms with Crippen molar-refractivity contribution in [2.45, 2.75) is 30.8 Å². The van der Waals surface area contributed by atoms with Crippen LogP contribution in [0.3, 0.4) is 0 Å². The van der Waals surface area contributed by atoms with Gasteiger partial charge in [0.05, 0.1) is 11.8 Å². The fraction of sp³-hybridized carbons (Fsp3) is 0.400. The van der Waals surface area contributed by atoms with E-state index in [2.05, 4.69) is 15.5 Å². The monoisotopic (exact) mass is 268 g/mol. The maximum absolute atomic E-state index is 11.2. The zero-order valence-corrected chi connectivity index (χ0v) is 10.7. The lowest BCUT2D eigenvalue weighted by Gasteiger charge is -2.06. The summed E-state index contributed by atoms with van der Waals surface area (Å²) in [7, 11) is 0. The molecular formula is C10H12N4O3S. The van der Waals surface area contributed by atoms with Crippen molar-refractivity contribution in [1.82, 2.24) is 20.2 Å². The van der Waals surface area contributed by atoms with Crippen molar-refractivity contribution in [3.63, 3.8) is 0 Å². The topological polar surface area (TPSA) is 94.0 Å². The van der Waals surface area contributed by atoms with E-state index in [4.69, 9.17) is 9.52 Å². The number of hydrogen-bond donors (Lipinski definition) is 1. The average molecular weight is 268 g/mol. The van der Waals surface area contributed by atoms with Gasteiger partial charge in [0, 0.05) is 6.07 Å². The maximum atomic E-state index is 11.2. The Bertz CT molecular complexity index is 593. The minimum Gasteiger partial charge on any atom is -0.502 e. The summed E-state index contributed by atoms with van der Waals surface area (Å²) in [5.74, 6) is 0.486. The molecule has 0 saturated carbocycles. The zero-order valence-electron chi connectivity index (χ0n) is 9.90. The average Bonchev–Trinajstić information content (AvgIpc) is 2.79. The molecule has 0 aliphatic rings. The van der Waals surface area contributed by atoms with Crippen molar-refractivity contribution in [3.8, 4) is 5.75 Å². The van der Waals surface area contributed by atoms with Crippen molar-refractivity contribution >= 4 is 11.8 Å². The van der Waals surface area contributed by atoms with Crippen molar-refractivity contribution in [3.05, 3.63) is 28.3 Å². The molecule has 1 N–H and O–H groups in total. The molecule has 18 heavy (non-hydrogen) atoms. The predicted molar refractivity (Wildman–Crippen MR) is 64.4 cm³/mol. The standard InChI is InChI=1S/C10H12N4O3S/c1-6(2)14-10(11-12-13-14)18-5-7-3-8(15)9(16)4-17-7/h3-4,6,16H,5H2,1-2H3. The van der Waals surface area contributed by atoms with Gasteiger partial charge in [0.2, 0.25) is 10.6 Å². The highest BCUT2D eigenvalue weighted by Gasteiger charge is 2.11. The molecule has 0 radical (unpaired) electrons. The Hall–Kier alpha value is -1.83. The predicted octanol–water partition coefficient (Wildman–Crippen LogP) is 1.21. The van der Waals surface area contributed by atoms with E-state index in [-0.39, 0.29) is 6.04 Å².